The molecule has 30 heteroatoms. The highest BCUT2D eigenvalue weighted by Gasteiger charge is 2.29. The van der Waals surface area contributed by atoms with E-state index in [1.54, 1.807) is 59.1 Å². The van der Waals surface area contributed by atoms with Crippen molar-refractivity contribution >= 4 is 47.3 Å². The lowest BCUT2D eigenvalue weighted by Gasteiger charge is -2.31. The Morgan fingerprint density at radius 1 is 0.379 bits per heavy atom. The van der Waals surface area contributed by atoms with Crippen molar-refractivity contribution in [3.8, 4) is 23.0 Å². The molecule has 7 aliphatic heterocycles. The number of ether oxygens (including phenoxy) is 7. The second kappa shape index (κ2) is 49.7. The van der Waals surface area contributed by atoms with E-state index in [1.165, 1.54) is 24.3 Å². The SMILES string of the molecule is CCCOCCOCCN1CCNC(=O)c2ccc(c(C)c2C)C(=O)NCCN2CCNC(=O)c3ccc(c(C)c3C)C(=O)NCCN(CCOCCOCCOC)CCNC(=O)c3ccc(c(OCc4ccccc4)c3OCc3ccccc3)C(=O)NCCN(CC2)CC(CCCCN)NC(=O)c2ccc(c(O)c2O)C(=O)NCC1. The molecule has 6 aromatic carbocycles. The molecule has 0 aliphatic carbocycles. The summed E-state index contributed by atoms with van der Waals surface area (Å²) >= 11 is 0. The molecule has 0 radical (unpaired) electrons. The van der Waals surface area contributed by atoms with Gasteiger partial charge in [-0.25, -0.2) is 0 Å². The molecule has 7 heterocycles. The van der Waals surface area contributed by atoms with E-state index < -0.39 is 41.2 Å². The Labute approximate surface area is 680 Å². The number of fused-ring (bicyclic) bond motifs is 2. The smallest absolute Gasteiger partial charge is 0.255 e. The summed E-state index contributed by atoms with van der Waals surface area (Å²) in [7, 11) is 1.60. The first-order valence-corrected chi connectivity index (χ1v) is 40.2. The van der Waals surface area contributed by atoms with E-state index in [1.807, 2.05) is 77.4 Å². The number of phenolic OH excluding ortho intramolecular Hbond substituents is 2. The van der Waals surface area contributed by atoms with Gasteiger partial charge in [0.25, 0.3) is 47.3 Å². The fraction of sp³-hybridized carbons (Fsp3) is 0.488. The number of nitrogens with one attached hydrogen (secondary N) is 8. The van der Waals surface area contributed by atoms with E-state index in [-0.39, 0.29) is 149 Å². The van der Waals surface area contributed by atoms with Crippen LogP contribution in [-0.2, 0) is 36.9 Å². The first kappa shape index (κ1) is 91.4. The van der Waals surface area contributed by atoms with Crippen LogP contribution in [-0.4, -0.2) is 281 Å². The number of phenols is 2. The molecule has 0 fully saturated rings. The number of benzene rings is 6. The molecule has 630 valence electrons. The first-order valence-electron chi connectivity index (χ1n) is 40.2. The zero-order valence-corrected chi connectivity index (χ0v) is 68.1. The number of rotatable bonds is 27. The largest absolute Gasteiger partial charge is 0.504 e. The number of hydrogen-bond donors (Lipinski definition) is 11. The number of unbranched alkanes of at least 4 members (excludes halogenated alkanes) is 1. The van der Waals surface area contributed by atoms with E-state index in [0.717, 1.165) is 17.5 Å². The third-order valence-corrected chi connectivity index (χ3v) is 20.4. The summed E-state index contributed by atoms with van der Waals surface area (Å²) < 4.78 is 41.4. The van der Waals surface area contributed by atoms with E-state index in [0.29, 0.717) is 176 Å². The Morgan fingerprint density at radius 3 is 1.10 bits per heavy atom. The van der Waals surface area contributed by atoms with Gasteiger partial charge < -0.3 is 91.6 Å². The van der Waals surface area contributed by atoms with Crippen LogP contribution in [0, 0.1) is 27.7 Å². The number of methoxy groups -OCH3 is 1. The summed E-state index contributed by atoms with van der Waals surface area (Å²) in [4.78, 5) is 123. The van der Waals surface area contributed by atoms with E-state index in [9.17, 15) is 43.8 Å². The molecule has 7 aliphatic rings. The van der Waals surface area contributed by atoms with Crippen LogP contribution in [0.15, 0.2) is 109 Å². The second-order valence-corrected chi connectivity index (χ2v) is 28.6. The maximum Gasteiger partial charge on any atom is 0.255 e. The molecule has 30 nitrogen and oxygen atoms in total. The third kappa shape index (κ3) is 29.0. The van der Waals surface area contributed by atoms with Gasteiger partial charge in [0.1, 0.15) is 13.2 Å². The quantitative estimate of drug-likeness (QED) is 0.0231. The van der Waals surface area contributed by atoms with Gasteiger partial charge in [0, 0.05) is 166 Å². The van der Waals surface area contributed by atoms with Crippen LogP contribution in [0.4, 0.5) is 0 Å². The lowest BCUT2D eigenvalue weighted by atomic mass is 9.97. The number of amides is 8. The predicted molar refractivity (Wildman–Crippen MR) is 441 cm³/mol. The lowest BCUT2D eigenvalue weighted by molar-refractivity contribution is 0.0196. The van der Waals surface area contributed by atoms with Gasteiger partial charge in [-0.3, -0.25) is 58.0 Å². The Kier molecular flexibility index (Phi) is 39.2. The van der Waals surface area contributed by atoms with Crippen molar-refractivity contribution in [3.63, 3.8) is 0 Å². The summed E-state index contributed by atoms with van der Waals surface area (Å²) in [5.41, 5.74) is 11.1. The normalized spacial score (nSPS) is 17.7. The molecule has 12 N–H and O–H groups in total. The van der Waals surface area contributed by atoms with Gasteiger partial charge in [0.05, 0.1) is 75.1 Å². The number of hydrogen-bond acceptors (Lipinski definition) is 22. The summed E-state index contributed by atoms with van der Waals surface area (Å²) in [6.07, 6.45) is 2.42. The Morgan fingerprint density at radius 2 is 0.707 bits per heavy atom. The van der Waals surface area contributed by atoms with Crippen molar-refractivity contribution in [2.45, 2.75) is 79.6 Å². The molecule has 116 heavy (non-hydrogen) atoms. The van der Waals surface area contributed by atoms with Crippen molar-refractivity contribution < 1.29 is 81.7 Å². The molecule has 0 saturated carbocycles. The van der Waals surface area contributed by atoms with Crippen LogP contribution < -0.4 is 57.7 Å². The molecular weight excluding hydrogens is 1490 g/mol. The molecule has 3 atom stereocenters. The van der Waals surface area contributed by atoms with Gasteiger partial charge >= 0.3 is 0 Å². The third-order valence-electron chi connectivity index (χ3n) is 20.4. The van der Waals surface area contributed by atoms with Crippen LogP contribution in [0.2, 0.25) is 0 Å². The van der Waals surface area contributed by atoms with Gasteiger partial charge in [-0.05, 0) is 135 Å². The molecular formula is C86H119N13O17. The molecule has 13 rings (SSSR count). The number of carbonyl (C=O) groups is 8. The average Bonchev–Trinajstić information content (AvgIpc) is 0.822. The maximum absolute atomic E-state index is 15.2. The highest BCUT2D eigenvalue weighted by molar-refractivity contribution is 6.05. The zero-order chi connectivity index (χ0) is 83.0. The lowest BCUT2D eigenvalue weighted by Crippen LogP contribution is -2.49. The minimum absolute atomic E-state index is 0.00735. The van der Waals surface area contributed by atoms with Crippen LogP contribution in [0.25, 0.3) is 0 Å². The highest BCUT2D eigenvalue weighted by Crippen LogP contribution is 2.38. The second-order valence-electron chi connectivity index (χ2n) is 28.6. The Hall–Kier alpha value is -10.1. The summed E-state index contributed by atoms with van der Waals surface area (Å²) in [5, 5.41) is 47.5. The van der Waals surface area contributed by atoms with E-state index in [4.69, 9.17) is 38.9 Å². The molecule has 8 amide bonds. The molecule has 6 aromatic rings. The van der Waals surface area contributed by atoms with Gasteiger partial charge in [0.15, 0.2) is 23.0 Å². The van der Waals surface area contributed by atoms with Crippen molar-refractivity contribution in [1.82, 2.24) is 62.1 Å². The summed E-state index contributed by atoms with van der Waals surface area (Å²) in [5.74, 6) is -5.58. The average molecular weight is 1610 g/mol. The fourth-order valence-electron chi connectivity index (χ4n) is 13.4. The number of carbonyl (C=O) groups excluding carboxylic acids is 8. The summed E-state index contributed by atoms with van der Waals surface area (Å²) in [6.45, 7) is 17.7. The van der Waals surface area contributed by atoms with Gasteiger partial charge in [-0.15, -0.1) is 0 Å². The fourth-order valence-corrected chi connectivity index (χ4v) is 13.4. The van der Waals surface area contributed by atoms with Gasteiger partial charge in [0.2, 0.25) is 0 Å². The van der Waals surface area contributed by atoms with Crippen molar-refractivity contribution in [2.24, 2.45) is 5.73 Å². The van der Waals surface area contributed by atoms with Crippen molar-refractivity contribution in [3.05, 3.63) is 187 Å². The zero-order valence-electron chi connectivity index (χ0n) is 68.1. The van der Waals surface area contributed by atoms with Crippen LogP contribution in [0.1, 0.15) is 149 Å². The van der Waals surface area contributed by atoms with Crippen LogP contribution >= 0.6 is 0 Å². The van der Waals surface area contributed by atoms with Gasteiger partial charge in [-0.1, -0.05) is 74.0 Å². The van der Waals surface area contributed by atoms with E-state index >= 15 is 4.79 Å². The molecule has 0 saturated heterocycles. The predicted octanol–water partition coefficient (Wildman–Crippen LogP) is 5.28. The minimum atomic E-state index is -0.813. The van der Waals surface area contributed by atoms with Crippen molar-refractivity contribution in [2.75, 3.05) is 197 Å². The minimum Gasteiger partial charge on any atom is -0.504 e. The monoisotopic (exact) mass is 1610 g/mol. The maximum atomic E-state index is 15.2. The molecule has 0 spiro atoms. The number of nitrogens with two attached hydrogens (primary N) is 1. The molecule has 3 unspecified atom stereocenters. The summed E-state index contributed by atoms with van der Waals surface area (Å²) in [6, 6.07) is 30.2. The Bertz CT molecular complexity index is 4140. The van der Waals surface area contributed by atoms with Crippen molar-refractivity contribution in [1.29, 1.82) is 0 Å². The number of nitrogens with zero attached hydrogens (tertiary/aromatic N) is 4. The first-order chi connectivity index (χ1) is 56.3. The molecule has 10 bridgehead atoms. The highest BCUT2D eigenvalue weighted by atomic mass is 16.5. The topological polar surface area (TPSA) is 377 Å². The Balaban J connectivity index is 1.16. The van der Waals surface area contributed by atoms with Crippen LogP contribution in [0.5, 0.6) is 23.0 Å². The molecule has 0 aromatic heterocycles. The van der Waals surface area contributed by atoms with Crippen LogP contribution in [0.3, 0.4) is 0 Å². The van der Waals surface area contributed by atoms with E-state index in [2.05, 4.69) is 52.3 Å². The standard InChI is InChI=1S/C86H119N13O17/c1-7-48-111-53-54-112-49-46-97-39-32-90-81(104)69-23-21-67(60(2)62(69)4)79(102)88-30-37-96-38-31-89-80(103)68-22-24-70(63(5)61(68)3)82(105)91-33-40-98(47-50-113-55-56-114-52-51-110-6)42-35-93-84(107)73-27-28-74(78(116-59-65-18-12-9-13-19-65)77(73)115-58-64-16-10-8-11-17-64)85(108)94-36-43-99(45-44-96)57-66(20-14-15-29-87)95-86(109)72-26-25-71(75(100)76(72)101)83(106)92-34-41-97/h8-13,16-19,21-28,66,100-101H,7,14-15,20,29-59,87H2,1-6H3,(H,88,102)(H,89,103)(H,90,104)(H,91,105)(H,92,106)(H,93,107)(H,94,108)(H,95,109). The van der Waals surface area contributed by atoms with Gasteiger partial charge in [-0.2, -0.15) is 0 Å². The number of aromatic hydroxyl groups is 2.